The largest absolute Gasteiger partial charge is 0.495 e. The minimum atomic E-state index is -0.161. The summed E-state index contributed by atoms with van der Waals surface area (Å²) < 4.78 is 10.5. The quantitative estimate of drug-likeness (QED) is 0.700. The van der Waals surface area contributed by atoms with Gasteiger partial charge in [-0.25, -0.2) is 0 Å². The summed E-state index contributed by atoms with van der Waals surface area (Å²) in [4.78, 5) is 12.6. The molecule has 0 saturated heterocycles. The Morgan fingerprint density at radius 3 is 2.44 bits per heavy atom. The van der Waals surface area contributed by atoms with Crippen LogP contribution < -0.4 is 14.8 Å². The van der Waals surface area contributed by atoms with E-state index in [0.717, 1.165) is 12.2 Å². The van der Waals surface area contributed by atoms with E-state index in [-0.39, 0.29) is 11.2 Å². The van der Waals surface area contributed by atoms with Gasteiger partial charge >= 0.3 is 0 Å². The van der Waals surface area contributed by atoms with Gasteiger partial charge in [0.15, 0.2) is 0 Å². The summed E-state index contributed by atoms with van der Waals surface area (Å²) in [6.45, 7) is 2.00. The highest BCUT2D eigenvalue weighted by molar-refractivity contribution is 7.99. The maximum Gasteiger partial charge on any atom is 0.237 e. The molecule has 0 heterocycles. The lowest BCUT2D eigenvalue weighted by Gasteiger charge is -2.17. The summed E-state index contributed by atoms with van der Waals surface area (Å²) in [6.07, 6.45) is 0.732. The van der Waals surface area contributed by atoms with Crippen molar-refractivity contribution in [3.63, 3.8) is 0 Å². The molecule has 0 bridgehead atoms. The number of anilines is 1. The third-order valence-corrected chi connectivity index (χ3v) is 5.43. The predicted molar refractivity (Wildman–Crippen MR) is 105 cm³/mol. The third-order valence-electron chi connectivity index (χ3n) is 3.69. The van der Waals surface area contributed by atoms with Crippen molar-refractivity contribution in [2.75, 3.05) is 19.5 Å². The van der Waals surface area contributed by atoms with Gasteiger partial charge in [0.2, 0.25) is 5.91 Å². The molecule has 0 aliphatic rings. The van der Waals surface area contributed by atoms with Crippen LogP contribution in [0.2, 0.25) is 5.02 Å². The SMILES string of the molecule is CCC(SCc1ccccc1)C(=O)Nc1cc(Cl)c(OC)cc1OC. The van der Waals surface area contributed by atoms with Crippen LogP contribution in [0.15, 0.2) is 42.5 Å². The average molecular weight is 380 g/mol. The highest BCUT2D eigenvalue weighted by Gasteiger charge is 2.20. The lowest BCUT2D eigenvalue weighted by Crippen LogP contribution is -2.25. The van der Waals surface area contributed by atoms with Gasteiger partial charge in [-0.1, -0.05) is 48.9 Å². The first-order valence-electron chi connectivity index (χ1n) is 7.97. The van der Waals surface area contributed by atoms with Gasteiger partial charge in [0.25, 0.3) is 0 Å². The molecule has 1 N–H and O–H groups in total. The maximum absolute atomic E-state index is 12.6. The summed E-state index contributed by atoms with van der Waals surface area (Å²) >= 11 is 7.78. The molecule has 0 aliphatic heterocycles. The number of amides is 1. The topological polar surface area (TPSA) is 47.6 Å². The molecule has 1 atom stereocenters. The summed E-state index contributed by atoms with van der Waals surface area (Å²) in [5.41, 5.74) is 1.74. The highest BCUT2D eigenvalue weighted by atomic mass is 35.5. The fourth-order valence-corrected chi connectivity index (χ4v) is 3.59. The van der Waals surface area contributed by atoms with E-state index >= 15 is 0 Å². The van der Waals surface area contributed by atoms with Crippen molar-refractivity contribution >= 4 is 35.0 Å². The molecule has 0 saturated carbocycles. The van der Waals surface area contributed by atoms with E-state index < -0.39 is 0 Å². The second-order valence-electron chi connectivity index (χ2n) is 5.37. The van der Waals surface area contributed by atoms with Crippen molar-refractivity contribution in [1.29, 1.82) is 0 Å². The predicted octanol–water partition coefficient (Wildman–Crippen LogP) is 5.01. The van der Waals surface area contributed by atoms with Crippen LogP contribution in [0, 0.1) is 0 Å². The Morgan fingerprint density at radius 1 is 1.16 bits per heavy atom. The fourth-order valence-electron chi connectivity index (χ4n) is 2.32. The molecule has 1 unspecified atom stereocenters. The number of halogens is 1. The second kappa shape index (κ2) is 9.59. The van der Waals surface area contributed by atoms with Gasteiger partial charge in [0, 0.05) is 11.8 Å². The Labute approximate surface area is 157 Å². The van der Waals surface area contributed by atoms with Crippen molar-refractivity contribution in [3.05, 3.63) is 53.1 Å². The first-order chi connectivity index (χ1) is 12.1. The Kier molecular flexibility index (Phi) is 7.47. The van der Waals surface area contributed by atoms with Crippen LogP contribution in [0.5, 0.6) is 11.5 Å². The van der Waals surface area contributed by atoms with Gasteiger partial charge in [0.1, 0.15) is 11.5 Å². The van der Waals surface area contributed by atoms with E-state index in [1.165, 1.54) is 12.7 Å². The Hall–Kier alpha value is -1.85. The van der Waals surface area contributed by atoms with E-state index in [1.54, 1.807) is 31.0 Å². The van der Waals surface area contributed by atoms with E-state index in [4.69, 9.17) is 21.1 Å². The molecule has 0 spiro atoms. The Bertz CT molecular complexity index is 709. The first kappa shape index (κ1) is 19.5. The van der Waals surface area contributed by atoms with Gasteiger partial charge in [-0.3, -0.25) is 4.79 Å². The third kappa shape index (κ3) is 5.31. The van der Waals surface area contributed by atoms with Gasteiger partial charge in [-0.05, 0) is 18.1 Å². The number of nitrogens with one attached hydrogen (secondary N) is 1. The van der Waals surface area contributed by atoms with Gasteiger partial charge < -0.3 is 14.8 Å². The number of methoxy groups -OCH3 is 2. The number of hydrogen-bond donors (Lipinski definition) is 1. The molecule has 134 valence electrons. The number of thioether (sulfide) groups is 1. The van der Waals surface area contributed by atoms with Crippen LogP contribution in [-0.2, 0) is 10.5 Å². The van der Waals surface area contributed by atoms with Gasteiger partial charge in [-0.2, -0.15) is 0 Å². The summed E-state index contributed by atoms with van der Waals surface area (Å²) in [5.74, 6) is 1.73. The normalized spacial score (nSPS) is 11.7. The molecule has 4 nitrogen and oxygen atoms in total. The Morgan fingerprint density at radius 2 is 1.84 bits per heavy atom. The zero-order chi connectivity index (χ0) is 18.2. The smallest absolute Gasteiger partial charge is 0.237 e. The van der Waals surface area contributed by atoms with Crippen molar-refractivity contribution in [2.45, 2.75) is 24.3 Å². The van der Waals surface area contributed by atoms with E-state index in [9.17, 15) is 4.79 Å². The first-order valence-corrected chi connectivity index (χ1v) is 9.39. The van der Waals surface area contributed by atoms with Crippen molar-refractivity contribution in [2.24, 2.45) is 0 Å². The molecule has 0 fully saturated rings. The molecule has 2 rings (SSSR count). The van der Waals surface area contributed by atoms with Crippen LogP contribution in [0.3, 0.4) is 0 Å². The van der Waals surface area contributed by atoms with E-state index in [0.29, 0.717) is 22.2 Å². The summed E-state index contributed by atoms with van der Waals surface area (Å²) in [5, 5.41) is 3.17. The van der Waals surface area contributed by atoms with Crippen LogP contribution in [0.4, 0.5) is 5.69 Å². The average Bonchev–Trinajstić information content (AvgIpc) is 2.63. The number of carbonyl (C=O) groups excluding carboxylic acids is 1. The number of carbonyl (C=O) groups is 1. The van der Waals surface area contributed by atoms with Crippen molar-refractivity contribution < 1.29 is 14.3 Å². The fraction of sp³-hybridized carbons (Fsp3) is 0.316. The number of ether oxygens (including phenoxy) is 2. The zero-order valence-electron chi connectivity index (χ0n) is 14.5. The monoisotopic (exact) mass is 379 g/mol. The molecular weight excluding hydrogens is 358 g/mol. The molecule has 2 aromatic rings. The van der Waals surface area contributed by atoms with Crippen LogP contribution in [0.1, 0.15) is 18.9 Å². The van der Waals surface area contributed by atoms with Gasteiger partial charge in [0.05, 0.1) is 30.2 Å². The molecule has 2 aromatic carbocycles. The summed E-state index contributed by atoms with van der Waals surface area (Å²) in [6, 6.07) is 13.4. The summed E-state index contributed by atoms with van der Waals surface area (Å²) in [7, 11) is 3.08. The Balaban J connectivity index is 2.07. The molecule has 0 aromatic heterocycles. The molecule has 6 heteroatoms. The van der Waals surface area contributed by atoms with Gasteiger partial charge in [-0.15, -0.1) is 11.8 Å². The van der Waals surface area contributed by atoms with E-state index in [1.807, 2.05) is 25.1 Å². The van der Waals surface area contributed by atoms with E-state index in [2.05, 4.69) is 17.4 Å². The lowest BCUT2D eigenvalue weighted by molar-refractivity contribution is -0.115. The number of benzene rings is 2. The number of hydrogen-bond acceptors (Lipinski definition) is 4. The molecule has 0 radical (unpaired) electrons. The maximum atomic E-state index is 12.6. The van der Waals surface area contributed by atoms with Crippen LogP contribution in [0.25, 0.3) is 0 Å². The molecular formula is C19H22ClNO3S. The minimum Gasteiger partial charge on any atom is -0.495 e. The zero-order valence-corrected chi connectivity index (χ0v) is 16.1. The van der Waals surface area contributed by atoms with Crippen LogP contribution in [-0.4, -0.2) is 25.4 Å². The molecule has 0 aliphatic carbocycles. The number of rotatable bonds is 8. The second-order valence-corrected chi connectivity index (χ2v) is 6.97. The minimum absolute atomic E-state index is 0.0667. The van der Waals surface area contributed by atoms with Crippen molar-refractivity contribution in [3.8, 4) is 11.5 Å². The molecule has 25 heavy (non-hydrogen) atoms. The molecule has 1 amide bonds. The highest BCUT2D eigenvalue weighted by Crippen LogP contribution is 2.36. The van der Waals surface area contributed by atoms with Crippen LogP contribution >= 0.6 is 23.4 Å². The lowest BCUT2D eigenvalue weighted by atomic mass is 10.2. The van der Waals surface area contributed by atoms with Crippen molar-refractivity contribution in [1.82, 2.24) is 0 Å². The standard InChI is InChI=1S/C19H22ClNO3S/c1-4-18(25-12-13-8-6-5-7-9-13)19(22)21-15-10-14(20)16(23-2)11-17(15)24-3/h5-11,18H,4,12H2,1-3H3,(H,21,22).